The monoisotopic (exact) mass is 310 g/mol. The molecule has 0 nitrogen and oxygen atoms in total. The van der Waals surface area contributed by atoms with Crippen LogP contribution in [0.1, 0.15) is 31.9 Å². The lowest BCUT2D eigenvalue weighted by Gasteiger charge is -2.15. The van der Waals surface area contributed by atoms with Gasteiger partial charge in [-0.25, -0.2) is 0 Å². The molecule has 3 aromatic carbocycles. The van der Waals surface area contributed by atoms with E-state index in [0.717, 1.165) is 6.42 Å². The molecule has 118 valence electrons. The van der Waals surface area contributed by atoms with Gasteiger partial charge in [0, 0.05) is 0 Å². The molecule has 0 radical (unpaired) electrons. The molecule has 0 heterocycles. The predicted octanol–water partition coefficient (Wildman–Crippen LogP) is 5.11. The molecule has 0 N–H and O–H groups in total. The van der Waals surface area contributed by atoms with Gasteiger partial charge in [0.2, 0.25) is 0 Å². The Bertz CT molecular complexity index is 1140. The lowest BCUT2D eigenvalue weighted by molar-refractivity contribution is 1.17. The largest absolute Gasteiger partial charge is 0.0841 e. The minimum absolute atomic E-state index is 1.03. The number of benzene rings is 3. The summed E-state index contributed by atoms with van der Waals surface area (Å²) < 4.78 is 0. The van der Waals surface area contributed by atoms with E-state index in [1.165, 1.54) is 48.7 Å². The van der Waals surface area contributed by atoms with Crippen molar-refractivity contribution in [3.8, 4) is 0 Å². The van der Waals surface area contributed by atoms with Crippen molar-refractivity contribution in [3.63, 3.8) is 0 Å². The molecule has 0 fully saturated rings. The summed E-state index contributed by atoms with van der Waals surface area (Å²) in [5.41, 5.74) is 4.18. The van der Waals surface area contributed by atoms with Crippen molar-refractivity contribution in [2.24, 2.45) is 0 Å². The van der Waals surface area contributed by atoms with Crippen molar-refractivity contribution < 1.29 is 0 Å². The maximum absolute atomic E-state index is 2.39. The summed E-state index contributed by atoms with van der Waals surface area (Å²) in [4.78, 5) is 0. The van der Waals surface area contributed by atoms with Gasteiger partial charge in [-0.3, -0.25) is 0 Å². The fourth-order valence-corrected chi connectivity index (χ4v) is 3.86. The van der Waals surface area contributed by atoms with E-state index in [0.29, 0.717) is 0 Å². The Morgan fingerprint density at radius 1 is 0.792 bits per heavy atom. The van der Waals surface area contributed by atoms with Gasteiger partial charge in [-0.15, -0.1) is 0 Å². The van der Waals surface area contributed by atoms with Crippen molar-refractivity contribution in [1.29, 1.82) is 0 Å². The zero-order valence-corrected chi connectivity index (χ0v) is 14.6. The highest BCUT2D eigenvalue weighted by atomic mass is 14.1. The minimum Gasteiger partial charge on any atom is -0.0841 e. The highest BCUT2D eigenvalue weighted by molar-refractivity contribution is 6.01. The second-order valence-corrected chi connectivity index (χ2v) is 6.46. The summed E-state index contributed by atoms with van der Waals surface area (Å²) in [6.07, 6.45) is 12.2. The lowest BCUT2D eigenvalue weighted by Crippen LogP contribution is -2.11. The van der Waals surface area contributed by atoms with E-state index in [1.54, 1.807) is 0 Å². The summed E-state index contributed by atoms with van der Waals surface area (Å²) in [6, 6.07) is 13.7. The molecule has 24 heavy (non-hydrogen) atoms. The standard InChI is InChI=1S/C24H22/c1-4-16-10-11-18-14-24-20(13-19(18)12-16)15-23-17(5-2)8-7-9-22(23)21(24)6-3/h4-11,13-15H,12H2,1-3H3. The van der Waals surface area contributed by atoms with Crippen LogP contribution in [0.4, 0.5) is 0 Å². The molecule has 0 saturated carbocycles. The van der Waals surface area contributed by atoms with E-state index >= 15 is 0 Å². The molecular weight excluding hydrogens is 288 g/mol. The highest BCUT2D eigenvalue weighted by Crippen LogP contribution is 2.27. The summed E-state index contributed by atoms with van der Waals surface area (Å²) in [6.45, 7) is 6.38. The van der Waals surface area contributed by atoms with Crippen molar-refractivity contribution in [3.05, 3.63) is 75.7 Å². The first kappa shape index (κ1) is 15.0. The Morgan fingerprint density at radius 2 is 1.67 bits per heavy atom. The molecule has 1 aliphatic rings. The van der Waals surface area contributed by atoms with E-state index in [9.17, 15) is 0 Å². The lowest BCUT2D eigenvalue weighted by atomic mass is 9.89. The molecule has 3 aromatic rings. The molecule has 0 amide bonds. The Hall–Kier alpha value is -2.60. The molecule has 1 aliphatic carbocycles. The van der Waals surface area contributed by atoms with Crippen LogP contribution in [0, 0.1) is 0 Å². The second-order valence-electron chi connectivity index (χ2n) is 6.46. The van der Waals surface area contributed by atoms with E-state index in [1.807, 2.05) is 0 Å². The molecular formula is C24H22. The maximum atomic E-state index is 2.39. The molecule has 0 saturated heterocycles. The number of hydrogen-bond donors (Lipinski definition) is 0. The third-order valence-corrected chi connectivity index (χ3v) is 5.17. The molecule has 0 aromatic heterocycles. The van der Waals surface area contributed by atoms with Gasteiger partial charge in [0.15, 0.2) is 0 Å². The van der Waals surface area contributed by atoms with Crippen molar-refractivity contribution in [2.45, 2.75) is 27.2 Å². The van der Waals surface area contributed by atoms with Gasteiger partial charge in [0.25, 0.3) is 0 Å². The molecule has 0 spiro atoms. The zero-order chi connectivity index (χ0) is 16.7. The van der Waals surface area contributed by atoms with Gasteiger partial charge in [0.1, 0.15) is 0 Å². The minimum atomic E-state index is 1.03. The zero-order valence-electron chi connectivity index (χ0n) is 14.6. The molecule has 4 rings (SSSR count). The number of rotatable bonds is 0. The summed E-state index contributed by atoms with van der Waals surface area (Å²) in [5.74, 6) is 0. The van der Waals surface area contributed by atoms with Crippen LogP contribution in [0.5, 0.6) is 0 Å². The predicted molar refractivity (Wildman–Crippen MR) is 107 cm³/mol. The third kappa shape index (κ3) is 2.22. The van der Waals surface area contributed by atoms with Crippen LogP contribution in [0.25, 0.3) is 39.8 Å². The van der Waals surface area contributed by atoms with Crippen LogP contribution in [0.15, 0.2) is 54.1 Å². The highest BCUT2D eigenvalue weighted by Gasteiger charge is 2.11. The van der Waals surface area contributed by atoms with Gasteiger partial charge in [0.05, 0.1) is 0 Å². The normalized spacial score (nSPS) is 17.2. The van der Waals surface area contributed by atoms with E-state index < -0.39 is 0 Å². The van der Waals surface area contributed by atoms with Crippen LogP contribution in [-0.4, -0.2) is 0 Å². The topological polar surface area (TPSA) is 0 Å². The quantitative estimate of drug-likeness (QED) is 0.506. The Labute approximate surface area is 143 Å². The molecule has 0 atom stereocenters. The number of fused-ring (bicyclic) bond motifs is 3. The Kier molecular flexibility index (Phi) is 3.61. The van der Waals surface area contributed by atoms with Crippen LogP contribution in [0.3, 0.4) is 0 Å². The molecule has 0 bridgehead atoms. The van der Waals surface area contributed by atoms with Gasteiger partial charge >= 0.3 is 0 Å². The van der Waals surface area contributed by atoms with Crippen molar-refractivity contribution in [2.75, 3.05) is 0 Å². The third-order valence-electron chi connectivity index (χ3n) is 5.17. The van der Waals surface area contributed by atoms with E-state index in [4.69, 9.17) is 0 Å². The summed E-state index contributed by atoms with van der Waals surface area (Å²) in [5, 5.41) is 8.04. The van der Waals surface area contributed by atoms with E-state index in [-0.39, 0.29) is 0 Å². The Morgan fingerprint density at radius 3 is 2.42 bits per heavy atom. The molecule has 0 heteroatoms. The average molecular weight is 310 g/mol. The smallest absolute Gasteiger partial charge is 0.00229 e. The number of allylic oxidation sites excluding steroid dienone is 3. The fraction of sp³-hybridized carbons (Fsp3) is 0.167. The summed E-state index contributed by atoms with van der Waals surface area (Å²) >= 11 is 0. The summed E-state index contributed by atoms with van der Waals surface area (Å²) in [7, 11) is 0. The first-order valence-electron chi connectivity index (χ1n) is 8.69. The first-order chi connectivity index (χ1) is 11.7. The average Bonchev–Trinajstić information content (AvgIpc) is 2.63. The molecule has 0 aliphatic heterocycles. The molecule has 0 unspecified atom stereocenters. The Balaban J connectivity index is 2.17. The van der Waals surface area contributed by atoms with Gasteiger partial charge < -0.3 is 0 Å². The van der Waals surface area contributed by atoms with Gasteiger partial charge in [-0.1, -0.05) is 54.6 Å². The first-order valence-corrected chi connectivity index (χ1v) is 8.69. The number of hydrogen-bond acceptors (Lipinski definition) is 0. The van der Waals surface area contributed by atoms with Crippen LogP contribution in [0.2, 0.25) is 0 Å². The van der Waals surface area contributed by atoms with E-state index in [2.05, 4.69) is 87.5 Å². The SMILES string of the molecule is CC=C1C=Cc2cc3c(=CC)c4cccc(=CC)c4cc3cc2C1. The van der Waals surface area contributed by atoms with Gasteiger partial charge in [-0.2, -0.15) is 0 Å². The van der Waals surface area contributed by atoms with Crippen LogP contribution >= 0.6 is 0 Å². The van der Waals surface area contributed by atoms with Crippen LogP contribution < -0.4 is 10.4 Å². The van der Waals surface area contributed by atoms with Gasteiger partial charge in [-0.05, 0) is 88.0 Å². The fourth-order valence-electron chi connectivity index (χ4n) is 3.86. The van der Waals surface area contributed by atoms with Crippen LogP contribution in [-0.2, 0) is 6.42 Å². The van der Waals surface area contributed by atoms with Crippen molar-refractivity contribution in [1.82, 2.24) is 0 Å². The van der Waals surface area contributed by atoms with Crippen molar-refractivity contribution >= 4 is 39.8 Å². The second kappa shape index (κ2) is 5.79. The maximum Gasteiger partial charge on any atom is -0.00229 e.